The van der Waals surface area contributed by atoms with Crippen LogP contribution in [0.3, 0.4) is 0 Å². The monoisotopic (exact) mass is 180 g/mol. The first-order valence-electron chi connectivity index (χ1n) is 6.24. The molecular weight excluding hydrogens is 156 g/mol. The molecule has 0 heterocycles. The largest absolute Gasteiger partial charge is 0.0651 e. The van der Waals surface area contributed by atoms with Gasteiger partial charge in [-0.05, 0) is 55.8 Å². The Labute approximate surface area is 83.1 Å². The van der Waals surface area contributed by atoms with E-state index in [0.717, 1.165) is 17.3 Å². The molecule has 0 unspecified atom stereocenters. The van der Waals surface area contributed by atoms with Crippen molar-refractivity contribution in [1.29, 1.82) is 0 Å². The van der Waals surface area contributed by atoms with Crippen LogP contribution in [-0.4, -0.2) is 0 Å². The first kappa shape index (κ1) is 9.55. The molecule has 0 bridgehead atoms. The summed E-state index contributed by atoms with van der Waals surface area (Å²) in [6.07, 6.45) is 12.2. The number of hydrogen-bond acceptors (Lipinski definition) is 0. The molecule has 76 valence electrons. The molecule has 2 rings (SSSR count). The SMILES string of the molecule is CC[C@H](C)C[C@@H]1CCC2(CCC2)C1. The van der Waals surface area contributed by atoms with Crippen molar-refractivity contribution in [2.45, 2.75) is 65.2 Å². The minimum absolute atomic E-state index is 0.873. The summed E-state index contributed by atoms with van der Waals surface area (Å²) in [5.74, 6) is 2.07. The zero-order chi connectivity index (χ0) is 9.31. The van der Waals surface area contributed by atoms with Crippen molar-refractivity contribution in [1.82, 2.24) is 0 Å². The third-order valence-electron chi connectivity index (χ3n) is 4.65. The topological polar surface area (TPSA) is 0 Å². The van der Waals surface area contributed by atoms with Crippen molar-refractivity contribution in [3.05, 3.63) is 0 Å². The molecule has 0 aromatic heterocycles. The van der Waals surface area contributed by atoms with Crippen molar-refractivity contribution < 1.29 is 0 Å². The van der Waals surface area contributed by atoms with Gasteiger partial charge in [0.05, 0.1) is 0 Å². The van der Waals surface area contributed by atoms with E-state index in [1.807, 2.05) is 0 Å². The summed E-state index contributed by atoms with van der Waals surface area (Å²) in [5, 5.41) is 0. The van der Waals surface area contributed by atoms with E-state index in [1.165, 1.54) is 19.3 Å². The van der Waals surface area contributed by atoms with E-state index in [9.17, 15) is 0 Å². The van der Waals surface area contributed by atoms with Gasteiger partial charge in [0.15, 0.2) is 0 Å². The van der Waals surface area contributed by atoms with Gasteiger partial charge in [0, 0.05) is 0 Å². The van der Waals surface area contributed by atoms with Crippen LogP contribution in [0.5, 0.6) is 0 Å². The van der Waals surface area contributed by atoms with Crippen LogP contribution in [-0.2, 0) is 0 Å². The van der Waals surface area contributed by atoms with E-state index in [2.05, 4.69) is 13.8 Å². The molecule has 0 aliphatic heterocycles. The van der Waals surface area contributed by atoms with E-state index in [1.54, 1.807) is 32.1 Å². The van der Waals surface area contributed by atoms with Gasteiger partial charge in [-0.3, -0.25) is 0 Å². The van der Waals surface area contributed by atoms with Crippen LogP contribution in [0.4, 0.5) is 0 Å². The molecule has 13 heavy (non-hydrogen) atoms. The maximum absolute atomic E-state index is 2.42. The Morgan fingerprint density at radius 2 is 2.08 bits per heavy atom. The molecule has 0 heteroatoms. The summed E-state index contributed by atoms with van der Waals surface area (Å²) in [4.78, 5) is 0. The van der Waals surface area contributed by atoms with Crippen LogP contribution in [0.25, 0.3) is 0 Å². The van der Waals surface area contributed by atoms with Crippen molar-refractivity contribution in [3.8, 4) is 0 Å². The Bertz CT molecular complexity index is 167. The van der Waals surface area contributed by atoms with E-state index in [-0.39, 0.29) is 0 Å². The number of rotatable bonds is 3. The predicted molar refractivity (Wildman–Crippen MR) is 57.7 cm³/mol. The third-order valence-corrected chi connectivity index (χ3v) is 4.65. The summed E-state index contributed by atoms with van der Waals surface area (Å²) >= 11 is 0. The summed E-state index contributed by atoms with van der Waals surface area (Å²) < 4.78 is 0. The van der Waals surface area contributed by atoms with E-state index in [0.29, 0.717) is 0 Å². The fourth-order valence-corrected chi connectivity index (χ4v) is 3.39. The predicted octanol–water partition coefficient (Wildman–Crippen LogP) is 4.39. The fraction of sp³-hybridized carbons (Fsp3) is 1.00. The van der Waals surface area contributed by atoms with Gasteiger partial charge in [-0.15, -0.1) is 0 Å². The molecule has 0 nitrogen and oxygen atoms in total. The Hall–Kier alpha value is 0. The normalized spacial score (nSPS) is 33.2. The zero-order valence-corrected chi connectivity index (χ0v) is 9.31. The maximum Gasteiger partial charge on any atom is -0.0295 e. The molecule has 2 fully saturated rings. The van der Waals surface area contributed by atoms with Crippen molar-refractivity contribution in [2.24, 2.45) is 17.3 Å². The maximum atomic E-state index is 2.42. The lowest BCUT2D eigenvalue weighted by Gasteiger charge is -2.38. The van der Waals surface area contributed by atoms with Crippen molar-refractivity contribution in [3.63, 3.8) is 0 Å². The summed E-state index contributed by atoms with van der Waals surface area (Å²) in [7, 11) is 0. The first-order chi connectivity index (χ1) is 6.24. The summed E-state index contributed by atoms with van der Waals surface area (Å²) in [5.41, 5.74) is 0.873. The second kappa shape index (κ2) is 3.63. The highest BCUT2D eigenvalue weighted by atomic mass is 14.5. The average molecular weight is 180 g/mol. The van der Waals surface area contributed by atoms with Gasteiger partial charge in [0.1, 0.15) is 0 Å². The molecule has 1 spiro atoms. The van der Waals surface area contributed by atoms with Gasteiger partial charge >= 0.3 is 0 Å². The van der Waals surface area contributed by atoms with Crippen LogP contribution in [0.2, 0.25) is 0 Å². The highest BCUT2D eigenvalue weighted by molar-refractivity contribution is 4.94. The second-order valence-electron chi connectivity index (χ2n) is 5.71. The molecule has 2 aliphatic rings. The minimum Gasteiger partial charge on any atom is -0.0651 e. The molecule has 0 saturated heterocycles. The lowest BCUT2D eigenvalue weighted by molar-refractivity contribution is 0.134. The molecule has 2 atom stereocenters. The Morgan fingerprint density at radius 3 is 2.54 bits per heavy atom. The van der Waals surface area contributed by atoms with Crippen molar-refractivity contribution in [2.75, 3.05) is 0 Å². The van der Waals surface area contributed by atoms with Gasteiger partial charge in [-0.2, -0.15) is 0 Å². The Morgan fingerprint density at radius 1 is 1.31 bits per heavy atom. The van der Waals surface area contributed by atoms with Gasteiger partial charge in [0.2, 0.25) is 0 Å². The average Bonchev–Trinajstić information content (AvgIpc) is 2.48. The molecule has 0 aromatic rings. The first-order valence-corrected chi connectivity index (χ1v) is 6.24. The fourth-order valence-electron chi connectivity index (χ4n) is 3.39. The second-order valence-corrected chi connectivity index (χ2v) is 5.71. The molecule has 2 saturated carbocycles. The molecular formula is C13H24. The summed E-state index contributed by atoms with van der Waals surface area (Å²) in [6.45, 7) is 4.75. The molecule has 2 aliphatic carbocycles. The summed E-state index contributed by atoms with van der Waals surface area (Å²) in [6, 6.07) is 0. The van der Waals surface area contributed by atoms with Crippen LogP contribution in [0, 0.1) is 17.3 Å². The van der Waals surface area contributed by atoms with E-state index in [4.69, 9.17) is 0 Å². The smallest absolute Gasteiger partial charge is 0.0295 e. The zero-order valence-electron chi connectivity index (χ0n) is 9.31. The van der Waals surface area contributed by atoms with Crippen LogP contribution < -0.4 is 0 Å². The minimum atomic E-state index is 0.873. The van der Waals surface area contributed by atoms with Gasteiger partial charge in [-0.1, -0.05) is 26.7 Å². The Balaban J connectivity index is 1.78. The van der Waals surface area contributed by atoms with Crippen molar-refractivity contribution >= 4 is 0 Å². The highest BCUT2D eigenvalue weighted by Crippen LogP contribution is 2.56. The standard InChI is InChI=1S/C13H24/c1-3-11(2)9-12-5-8-13(10-12)6-4-7-13/h11-12H,3-10H2,1-2H3/t11-,12-/m0/s1. The van der Waals surface area contributed by atoms with Gasteiger partial charge < -0.3 is 0 Å². The Kier molecular flexibility index (Phi) is 2.67. The molecule has 0 N–H and O–H groups in total. The van der Waals surface area contributed by atoms with Crippen LogP contribution in [0.1, 0.15) is 65.2 Å². The quantitative estimate of drug-likeness (QED) is 0.604. The molecule has 0 aromatic carbocycles. The number of hydrogen-bond donors (Lipinski definition) is 0. The molecule has 0 amide bonds. The van der Waals surface area contributed by atoms with E-state index < -0.39 is 0 Å². The van der Waals surface area contributed by atoms with Crippen LogP contribution >= 0.6 is 0 Å². The highest BCUT2D eigenvalue weighted by Gasteiger charge is 2.43. The van der Waals surface area contributed by atoms with Gasteiger partial charge in [-0.25, -0.2) is 0 Å². The van der Waals surface area contributed by atoms with E-state index >= 15 is 0 Å². The van der Waals surface area contributed by atoms with Gasteiger partial charge in [0.25, 0.3) is 0 Å². The molecule has 0 radical (unpaired) electrons. The lowest BCUT2D eigenvalue weighted by Crippen LogP contribution is -2.25. The van der Waals surface area contributed by atoms with Crippen LogP contribution in [0.15, 0.2) is 0 Å². The lowest BCUT2D eigenvalue weighted by atomic mass is 9.67. The third kappa shape index (κ3) is 1.92.